The number of hydrogen-bond acceptors (Lipinski definition) is 1. The van der Waals surface area contributed by atoms with Gasteiger partial charge in [-0.05, 0) is 11.6 Å². The molecule has 1 heterocycles. The molecule has 1 nitrogen and oxygen atoms in total. The number of hydrogen-bond donors (Lipinski definition) is 0. The molecule has 1 aromatic carbocycles. The highest BCUT2D eigenvalue weighted by Gasteiger charge is 2.22. The second kappa shape index (κ2) is 2.43. The molecular formula is C9H9O. The van der Waals surface area contributed by atoms with Crippen LogP contribution in [0.2, 0.25) is 0 Å². The molecule has 1 aliphatic rings. The van der Waals surface area contributed by atoms with Crippen molar-refractivity contribution in [2.75, 3.05) is 6.61 Å². The lowest BCUT2D eigenvalue weighted by Crippen LogP contribution is -1.91. The van der Waals surface area contributed by atoms with Gasteiger partial charge < -0.3 is 4.74 Å². The first kappa shape index (κ1) is 5.93. The minimum Gasteiger partial charge on any atom is -0.373 e. The highest BCUT2D eigenvalue weighted by Crippen LogP contribution is 2.14. The van der Waals surface area contributed by atoms with Gasteiger partial charge >= 0.3 is 0 Å². The van der Waals surface area contributed by atoms with E-state index in [2.05, 4.69) is 12.1 Å². The Labute approximate surface area is 60.6 Å². The molecule has 0 saturated carbocycles. The zero-order valence-electron chi connectivity index (χ0n) is 5.71. The van der Waals surface area contributed by atoms with Gasteiger partial charge in [0.25, 0.3) is 0 Å². The quantitative estimate of drug-likeness (QED) is 0.556. The second-order valence-electron chi connectivity index (χ2n) is 2.55. The molecule has 2 rings (SSSR count). The van der Waals surface area contributed by atoms with E-state index < -0.39 is 0 Å². The van der Waals surface area contributed by atoms with E-state index in [1.165, 1.54) is 5.56 Å². The summed E-state index contributed by atoms with van der Waals surface area (Å²) in [7, 11) is 0. The second-order valence-corrected chi connectivity index (χ2v) is 2.55. The summed E-state index contributed by atoms with van der Waals surface area (Å²) in [6.07, 6.45) is 1.51. The maximum absolute atomic E-state index is 5.09. The first-order valence-electron chi connectivity index (χ1n) is 3.52. The van der Waals surface area contributed by atoms with Crippen LogP contribution >= 0.6 is 0 Å². The van der Waals surface area contributed by atoms with Gasteiger partial charge in [-0.15, -0.1) is 0 Å². The molecule has 0 bridgehead atoms. The van der Waals surface area contributed by atoms with Crippen molar-refractivity contribution in [1.29, 1.82) is 0 Å². The lowest BCUT2D eigenvalue weighted by molar-refractivity contribution is 0.407. The third kappa shape index (κ3) is 1.36. The van der Waals surface area contributed by atoms with Crippen LogP contribution in [0.25, 0.3) is 0 Å². The van der Waals surface area contributed by atoms with Crippen LogP contribution in [0.5, 0.6) is 0 Å². The molecule has 1 fully saturated rings. The molecule has 1 saturated heterocycles. The summed E-state index contributed by atoms with van der Waals surface area (Å²) in [6, 6.07) is 11.2. The Morgan fingerprint density at radius 3 is 3.10 bits per heavy atom. The Bertz CT molecular complexity index is 201. The standard InChI is InChI=1S/C9H9O/c1-2-4-8(5-3-1)6-9-7-10-9/h1-4,9H,6-7H2. The third-order valence-electron chi connectivity index (χ3n) is 1.62. The fraction of sp³-hybridized carbons (Fsp3) is 0.333. The summed E-state index contributed by atoms with van der Waals surface area (Å²) in [6.45, 7) is 0.933. The summed E-state index contributed by atoms with van der Waals surface area (Å²) in [5, 5.41) is 0. The van der Waals surface area contributed by atoms with Crippen LogP contribution in [0.3, 0.4) is 0 Å². The Morgan fingerprint density at radius 1 is 1.60 bits per heavy atom. The number of epoxide rings is 1. The highest BCUT2D eigenvalue weighted by molar-refractivity contribution is 5.14. The van der Waals surface area contributed by atoms with Crippen LogP contribution in [0, 0.1) is 6.07 Å². The molecule has 1 atom stereocenters. The fourth-order valence-corrected chi connectivity index (χ4v) is 0.989. The number of benzene rings is 1. The topological polar surface area (TPSA) is 12.5 Å². The summed E-state index contributed by atoms with van der Waals surface area (Å²) in [4.78, 5) is 0. The monoisotopic (exact) mass is 133 g/mol. The Balaban J connectivity index is 2.03. The first-order chi connectivity index (χ1) is 4.95. The molecule has 51 valence electrons. The first-order valence-corrected chi connectivity index (χ1v) is 3.52. The molecule has 1 heteroatoms. The van der Waals surface area contributed by atoms with Gasteiger partial charge in [0, 0.05) is 6.42 Å². The number of ether oxygens (including phenoxy) is 1. The zero-order chi connectivity index (χ0) is 6.81. The third-order valence-corrected chi connectivity index (χ3v) is 1.62. The van der Waals surface area contributed by atoms with Crippen LogP contribution in [-0.4, -0.2) is 12.7 Å². The van der Waals surface area contributed by atoms with E-state index in [-0.39, 0.29) is 0 Å². The van der Waals surface area contributed by atoms with Gasteiger partial charge in [0.2, 0.25) is 0 Å². The van der Waals surface area contributed by atoms with Gasteiger partial charge in [-0.2, -0.15) is 0 Å². The van der Waals surface area contributed by atoms with E-state index in [0.717, 1.165) is 13.0 Å². The van der Waals surface area contributed by atoms with Crippen molar-refractivity contribution in [3.8, 4) is 0 Å². The van der Waals surface area contributed by atoms with Crippen LogP contribution in [0.4, 0.5) is 0 Å². The van der Waals surface area contributed by atoms with E-state index >= 15 is 0 Å². The maximum atomic E-state index is 5.09. The molecule has 0 spiro atoms. The van der Waals surface area contributed by atoms with Gasteiger partial charge in [0.05, 0.1) is 12.7 Å². The van der Waals surface area contributed by atoms with Gasteiger partial charge in [-0.1, -0.05) is 24.3 Å². The molecule has 0 aromatic heterocycles. The minimum atomic E-state index is 0.485. The summed E-state index contributed by atoms with van der Waals surface area (Å²) in [5.41, 5.74) is 1.25. The van der Waals surface area contributed by atoms with E-state index in [9.17, 15) is 0 Å². The maximum Gasteiger partial charge on any atom is 0.0850 e. The molecule has 1 aromatic rings. The summed E-state index contributed by atoms with van der Waals surface area (Å²) in [5.74, 6) is 0. The van der Waals surface area contributed by atoms with Gasteiger partial charge in [-0.3, -0.25) is 0 Å². The van der Waals surface area contributed by atoms with Crippen molar-refractivity contribution in [1.82, 2.24) is 0 Å². The van der Waals surface area contributed by atoms with E-state index in [0.29, 0.717) is 6.10 Å². The largest absolute Gasteiger partial charge is 0.373 e. The molecule has 0 amide bonds. The van der Waals surface area contributed by atoms with Crippen LogP contribution in [0.1, 0.15) is 5.56 Å². The Hall–Kier alpha value is -0.820. The van der Waals surface area contributed by atoms with Crippen molar-refractivity contribution in [2.45, 2.75) is 12.5 Å². The molecular weight excluding hydrogens is 124 g/mol. The molecule has 0 N–H and O–H groups in total. The number of rotatable bonds is 2. The lowest BCUT2D eigenvalue weighted by atomic mass is 10.1. The van der Waals surface area contributed by atoms with Gasteiger partial charge in [0.1, 0.15) is 0 Å². The summed E-state index contributed by atoms with van der Waals surface area (Å²) >= 11 is 0. The van der Waals surface area contributed by atoms with Crippen LogP contribution in [-0.2, 0) is 11.2 Å². The smallest absolute Gasteiger partial charge is 0.0850 e. The van der Waals surface area contributed by atoms with Gasteiger partial charge in [-0.25, -0.2) is 0 Å². The van der Waals surface area contributed by atoms with Crippen LogP contribution < -0.4 is 0 Å². The zero-order valence-corrected chi connectivity index (χ0v) is 5.71. The highest BCUT2D eigenvalue weighted by atomic mass is 16.6. The normalized spacial score (nSPS) is 22.6. The molecule has 1 radical (unpaired) electrons. The van der Waals surface area contributed by atoms with Crippen molar-refractivity contribution in [3.05, 3.63) is 35.9 Å². The van der Waals surface area contributed by atoms with E-state index in [1.54, 1.807) is 0 Å². The summed E-state index contributed by atoms with van der Waals surface area (Å²) < 4.78 is 5.09. The average molecular weight is 133 g/mol. The van der Waals surface area contributed by atoms with Crippen molar-refractivity contribution >= 4 is 0 Å². The molecule has 0 aliphatic carbocycles. The molecule has 1 unspecified atom stereocenters. The SMILES string of the molecule is [c]1ccccc1CC1CO1. The van der Waals surface area contributed by atoms with Crippen molar-refractivity contribution in [3.63, 3.8) is 0 Å². The van der Waals surface area contributed by atoms with Crippen molar-refractivity contribution in [2.24, 2.45) is 0 Å². The Kier molecular flexibility index (Phi) is 1.44. The van der Waals surface area contributed by atoms with Crippen molar-refractivity contribution < 1.29 is 4.74 Å². The average Bonchev–Trinajstić information content (AvgIpc) is 2.74. The van der Waals surface area contributed by atoms with Gasteiger partial charge in [0.15, 0.2) is 0 Å². The lowest BCUT2D eigenvalue weighted by Gasteiger charge is -1.93. The van der Waals surface area contributed by atoms with E-state index in [4.69, 9.17) is 4.74 Å². The molecule has 1 aliphatic heterocycles. The van der Waals surface area contributed by atoms with E-state index in [1.807, 2.05) is 18.2 Å². The molecule has 10 heavy (non-hydrogen) atoms. The van der Waals surface area contributed by atoms with Crippen LogP contribution in [0.15, 0.2) is 24.3 Å². The predicted molar refractivity (Wildman–Crippen MR) is 38.7 cm³/mol. The predicted octanol–water partition coefficient (Wildman–Crippen LogP) is 1.43. The Morgan fingerprint density at radius 2 is 2.50 bits per heavy atom. The fourth-order valence-electron chi connectivity index (χ4n) is 0.989. The minimum absolute atomic E-state index is 0.485.